The standard InChI is InChI=1S/C12H13N5/c13-11-9-7-15-6-3-10(9)16-12(17-11)8-1-4-14-5-2-8/h1-2,4-5,15H,3,6-7H2,(H2,13,16,17). The van der Waals surface area contributed by atoms with E-state index in [2.05, 4.69) is 20.3 Å². The van der Waals surface area contributed by atoms with Crippen molar-refractivity contribution in [3.8, 4) is 11.4 Å². The van der Waals surface area contributed by atoms with Crippen LogP contribution in [0, 0.1) is 0 Å². The van der Waals surface area contributed by atoms with E-state index in [1.165, 1.54) is 0 Å². The van der Waals surface area contributed by atoms with Crippen LogP contribution >= 0.6 is 0 Å². The molecule has 0 radical (unpaired) electrons. The van der Waals surface area contributed by atoms with Crippen LogP contribution in [-0.4, -0.2) is 21.5 Å². The molecule has 0 atom stereocenters. The smallest absolute Gasteiger partial charge is 0.161 e. The third kappa shape index (κ3) is 1.85. The first kappa shape index (κ1) is 10.2. The monoisotopic (exact) mass is 227 g/mol. The number of nitrogens with zero attached hydrogens (tertiary/aromatic N) is 3. The lowest BCUT2D eigenvalue weighted by molar-refractivity contribution is 0.629. The topological polar surface area (TPSA) is 76.7 Å². The summed E-state index contributed by atoms with van der Waals surface area (Å²) in [4.78, 5) is 12.9. The van der Waals surface area contributed by atoms with E-state index in [4.69, 9.17) is 5.73 Å². The van der Waals surface area contributed by atoms with E-state index in [9.17, 15) is 0 Å². The lowest BCUT2D eigenvalue weighted by Gasteiger charge is -2.18. The Bertz CT molecular complexity index is 538. The summed E-state index contributed by atoms with van der Waals surface area (Å²) >= 11 is 0. The van der Waals surface area contributed by atoms with Crippen LogP contribution in [0.3, 0.4) is 0 Å². The molecule has 3 rings (SSSR count). The molecule has 3 N–H and O–H groups in total. The van der Waals surface area contributed by atoms with Crippen LogP contribution in [0.25, 0.3) is 11.4 Å². The highest BCUT2D eigenvalue weighted by Gasteiger charge is 2.16. The second kappa shape index (κ2) is 4.10. The molecule has 0 fully saturated rings. The fourth-order valence-electron chi connectivity index (χ4n) is 2.00. The molecule has 2 aromatic rings. The molecule has 3 heterocycles. The van der Waals surface area contributed by atoms with Crippen molar-refractivity contribution in [3.63, 3.8) is 0 Å². The molecular formula is C12H13N5. The summed E-state index contributed by atoms with van der Waals surface area (Å²) in [6.45, 7) is 1.71. The minimum absolute atomic E-state index is 0.578. The van der Waals surface area contributed by atoms with Crippen molar-refractivity contribution in [2.45, 2.75) is 13.0 Å². The number of aromatic nitrogens is 3. The van der Waals surface area contributed by atoms with Gasteiger partial charge in [0.25, 0.3) is 0 Å². The summed E-state index contributed by atoms with van der Waals surface area (Å²) in [5, 5.41) is 3.27. The predicted molar refractivity (Wildman–Crippen MR) is 65.1 cm³/mol. The number of nitrogen functional groups attached to an aromatic ring is 1. The van der Waals surface area contributed by atoms with Crippen molar-refractivity contribution in [1.29, 1.82) is 0 Å². The van der Waals surface area contributed by atoms with E-state index >= 15 is 0 Å². The van der Waals surface area contributed by atoms with Gasteiger partial charge < -0.3 is 11.1 Å². The van der Waals surface area contributed by atoms with Gasteiger partial charge in [-0.25, -0.2) is 9.97 Å². The molecule has 1 aliphatic rings. The van der Waals surface area contributed by atoms with Crippen molar-refractivity contribution in [2.75, 3.05) is 12.3 Å². The third-order valence-electron chi connectivity index (χ3n) is 2.90. The summed E-state index contributed by atoms with van der Waals surface area (Å²) in [6, 6.07) is 3.78. The minimum atomic E-state index is 0.578. The van der Waals surface area contributed by atoms with E-state index in [0.717, 1.165) is 36.3 Å². The van der Waals surface area contributed by atoms with Gasteiger partial charge >= 0.3 is 0 Å². The van der Waals surface area contributed by atoms with Crippen LogP contribution in [0.4, 0.5) is 5.82 Å². The number of fused-ring (bicyclic) bond motifs is 1. The average molecular weight is 227 g/mol. The van der Waals surface area contributed by atoms with Gasteiger partial charge in [0.1, 0.15) is 5.82 Å². The van der Waals surface area contributed by atoms with Gasteiger partial charge in [0.2, 0.25) is 0 Å². The van der Waals surface area contributed by atoms with Crippen LogP contribution in [0.2, 0.25) is 0 Å². The van der Waals surface area contributed by atoms with Gasteiger partial charge in [0.05, 0.1) is 5.69 Å². The van der Waals surface area contributed by atoms with Gasteiger partial charge in [-0.1, -0.05) is 0 Å². The van der Waals surface area contributed by atoms with Crippen molar-refractivity contribution < 1.29 is 0 Å². The normalized spacial score (nSPS) is 14.4. The second-order valence-corrected chi connectivity index (χ2v) is 4.02. The molecule has 5 heteroatoms. The first-order chi connectivity index (χ1) is 8.34. The van der Waals surface area contributed by atoms with E-state index in [-0.39, 0.29) is 0 Å². The molecule has 0 bridgehead atoms. The Morgan fingerprint density at radius 1 is 1.18 bits per heavy atom. The Morgan fingerprint density at radius 3 is 2.82 bits per heavy atom. The van der Waals surface area contributed by atoms with Crippen molar-refractivity contribution >= 4 is 5.82 Å². The van der Waals surface area contributed by atoms with E-state index in [1.54, 1.807) is 12.4 Å². The van der Waals surface area contributed by atoms with Crippen LogP contribution < -0.4 is 11.1 Å². The Hall–Kier alpha value is -2.01. The van der Waals surface area contributed by atoms with E-state index < -0.39 is 0 Å². The molecule has 86 valence electrons. The highest BCUT2D eigenvalue weighted by atomic mass is 15.0. The molecule has 17 heavy (non-hydrogen) atoms. The molecule has 0 spiro atoms. The molecule has 0 aromatic carbocycles. The molecule has 5 nitrogen and oxygen atoms in total. The summed E-state index contributed by atoms with van der Waals surface area (Å²) in [5.74, 6) is 1.26. The Morgan fingerprint density at radius 2 is 2.00 bits per heavy atom. The predicted octanol–water partition coefficient (Wildman–Crippen LogP) is 0.766. The van der Waals surface area contributed by atoms with Gasteiger partial charge in [-0.05, 0) is 12.1 Å². The first-order valence-electron chi connectivity index (χ1n) is 5.61. The Kier molecular flexibility index (Phi) is 2.45. The minimum Gasteiger partial charge on any atom is -0.383 e. The lowest BCUT2D eigenvalue weighted by atomic mass is 10.1. The van der Waals surface area contributed by atoms with Gasteiger partial charge in [-0.15, -0.1) is 0 Å². The number of nitrogens with one attached hydrogen (secondary N) is 1. The molecular weight excluding hydrogens is 214 g/mol. The number of rotatable bonds is 1. The highest BCUT2D eigenvalue weighted by Crippen LogP contribution is 2.22. The lowest BCUT2D eigenvalue weighted by Crippen LogP contribution is -2.26. The van der Waals surface area contributed by atoms with Crippen LogP contribution in [-0.2, 0) is 13.0 Å². The molecule has 0 amide bonds. The maximum atomic E-state index is 5.97. The number of hydrogen-bond donors (Lipinski definition) is 2. The van der Waals surface area contributed by atoms with Crippen LogP contribution in [0.15, 0.2) is 24.5 Å². The zero-order valence-corrected chi connectivity index (χ0v) is 9.35. The molecule has 0 aliphatic carbocycles. The van der Waals surface area contributed by atoms with Crippen molar-refractivity contribution in [3.05, 3.63) is 35.8 Å². The van der Waals surface area contributed by atoms with Crippen molar-refractivity contribution in [1.82, 2.24) is 20.3 Å². The van der Waals surface area contributed by atoms with Gasteiger partial charge in [-0.2, -0.15) is 0 Å². The van der Waals surface area contributed by atoms with Crippen LogP contribution in [0.1, 0.15) is 11.3 Å². The van der Waals surface area contributed by atoms with Gasteiger partial charge in [0, 0.05) is 43.0 Å². The molecule has 0 saturated heterocycles. The molecule has 1 aliphatic heterocycles. The van der Waals surface area contributed by atoms with Crippen molar-refractivity contribution in [2.24, 2.45) is 0 Å². The summed E-state index contributed by atoms with van der Waals surface area (Å²) in [6.07, 6.45) is 4.37. The van der Waals surface area contributed by atoms with E-state index in [0.29, 0.717) is 11.6 Å². The van der Waals surface area contributed by atoms with E-state index in [1.807, 2.05) is 12.1 Å². The third-order valence-corrected chi connectivity index (χ3v) is 2.90. The zero-order chi connectivity index (χ0) is 11.7. The summed E-state index contributed by atoms with van der Waals surface area (Å²) in [5.41, 5.74) is 9.02. The van der Waals surface area contributed by atoms with Gasteiger partial charge in [0.15, 0.2) is 5.82 Å². The number of anilines is 1. The fourth-order valence-corrected chi connectivity index (χ4v) is 2.00. The summed E-state index contributed by atoms with van der Waals surface area (Å²) < 4.78 is 0. The fraction of sp³-hybridized carbons (Fsp3) is 0.250. The summed E-state index contributed by atoms with van der Waals surface area (Å²) in [7, 11) is 0. The number of nitrogens with two attached hydrogens (primary N) is 1. The number of pyridine rings is 1. The zero-order valence-electron chi connectivity index (χ0n) is 9.35. The molecule has 0 unspecified atom stereocenters. The first-order valence-corrected chi connectivity index (χ1v) is 5.61. The van der Waals surface area contributed by atoms with Gasteiger partial charge in [-0.3, -0.25) is 4.98 Å². The Balaban J connectivity index is 2.11. The maximum absolute atomic E-state index is 5.97. The quantitative estimate of drug-likeness (QED) is 0.752. The molecule has 2 aromatic heterocycles. The maximum Gasteiger partial charge on any atom is 0.161 e. The largest absolute Gasteiger partial charge is 0.383 e. The SMILES string of the molecule is Nc1nc(-c2ccncc2)nc2c1CNCC2. The number of hydrogen-bond acceptors (Lipinski definition) is 5. The average Bonchev–Trinajstić information content (AvgIpc) is 2.40. The molecule has 0 saturated carbocycles. The van der Waals surface area contributed by atoms with Crippen LogP contribution in [0.5, 0.6) is 0 Å². The Labute approximate surface area is 99.1 Å². The second-order valence-electron chi connectivity index (χ2n) is 4.02. The highest BCUT2D eigenvalue weighted by molar-refractivity contribution is 5.58.